The van der Waals surface area contributed by atoms with Crippen molar-refractivity contribution < 1.29 is 8.42 Å². The lowest BCUT2D eigenvalue weighted by molar-refractivity contribution is 0.383. The maximum Gasteiger partial charge on any atom is 0.246 e. The van der Waals surface area contributed by atoms with Gasteiger partial charge in [0.15, 0.2) is 0 Å². The number of rotatable bonds is 5. The standard InChI is InChI=1S/C18H24N8O2S/c1-4-26-15(3)18(14(2)22-26)29(27,28)25-9-7-23(8-10-25)16-11-17(21-12-20-16)24-6-5-19-13-24/h5-6,11-13H,4,7-10H2,1-3H3. The SMILES string of the molecule is CCn1nc(C)c(S(=O)(=O)N2CCN(c3cc(-n4ccnc4)ncn3)CC2)c1C. The quantitative estimate of drug-likeness (QED) is 0.611. The Hall–Kier alpha value is -2.79. The molecule has 0 unspecified atom stereocenters. The van der Waals surface area contributed by atoms with Gasteiger partial charge in [-0.05, 0) is 20.8 Å². The van der Waals surface area contributed by atoms with E-state index < -0.39 is 10.0 Å². The zero-order chi connectivity index (χ0) is 20.6. The van der Waals surface area contributed by atoms with Gasteiger partial charge in [-0.2, -0.15) is 9.40 Å². The molecule has 10 nitrogen and oxygen atoms in total. The lowest BCUT2D eigenvalue weighted by Crippen LogP contribution is -2.49. The molecule has 1 saturated heterocycles. The van der Waals surface area contributed by atoms with Gasteiger partial charge in [-0.1, -0.05) is 0 Å². The summed E-state index contributed by atoms with van der Waals surface area (Å²) in [6, 6.07) is 1.88. The number of hydrogen-bond acceptors (Lipinski definition) is 7. The highest BCUT2D eigenvalue weighted by Gasteiger charge is 2.33. The number of aromatic nitrogens is 6. The minimum absolute atomic E-state index is 0.331. The Kier molecular flexibility index (Phi) is 5.09. The fraction of sp³-hybridized carbons (Fsp3) is 0.444. The van der Waals surface area contributed by atoms with Crippen molar-refractivity contribution in [3.63, 3.8) is 0 Å². The van der Waals surface area contributed by atoms with Crippen LogP contribution in [0.25, 0.3) is 5.82 Å². The highest BCUT2D eigenvalue weighted by atomic mass is 32.2. The second kappa shape index (κ2) is 7.56. The van der Waals surface area contributed by atoms with Gasteiger partial charge in [-0.25, -0.2) is 23.4 Å². The van der Waals surface area contributed by atoms with Crippen molar-refractivity contribution in [2.24, 2.45) is 0 Å². The topological polar surface area (TPSA) is 102 Å². The predicted molar refractivity (Wildman–Crippen MR) is 108 cm³/mol. The number of imidazole rings is 1. The Morgan fingerprint density at radius 3 is 2.41 bits per heavy atom. The Labute approximate surface area is 169 Å². The van der Waals surface area contributed by atoms with E-state index in [0.29, 0.717) is 49.0 Å². The van der Waals surface area contributed by atoms with Gasteiger partial charge < -0.3 is 4.90 Å². The van der Waals surface area contributed by atoms with Gasteiger partial charge in [0.25, 0.3) is 0 Å². The van der Waals surface area contributed by atoms with Crippen molar-refractivity contribution in [3.05, 3.63) is 42.5 Å². The molecule has 0 amide bonds. The monoisotopic (exact) mass is 416 g/mol. The van der Waals surface area contributed by atoms with E-state index in [4.69, 9.17) is 0 Å². The van der Waals surface area contributed by atoms with Gasteiger partial charge in [-0.15, -0.1) is 0 Å². The minimum atomic E-state index is -3.58. The third kappa shape index (κ3) is 3.51. The lowest BCUT2D eigenvalue weighted by atomic mass is 10.3. The van der Waals surface area contributed by atoms with Crippen LogP contribution in [0.2, 0.25) is 0 Å². The van der Waals surface area contributed by atoms with Crippen LogP contribution in [0.3, 0.4) is 0 Å². The number of piperazine rings is 1. The van der Waals surface area contributed by atoms with E-state index in [9.17, 15) is 8.42 Å². The molecule has 4 heterocycles. The molecule has 3 aromatic rings. The van der Waals surface area contributed by atoms with Crippen LogP contribution in [0, 0.1) is 13.8 Å². The number of hydrogen-bond donors (Lipinski definition) is 0. The summed E-state index contributed by atoms with van der Waals surface area (Å²) in [4.78, 5) is 15.1. The Bertz CT molecular complexity index is 1100. The molecule has 0 spiro atoms. The predicted octanol–water partition coefficient (Wildman–Crippen LogP) is 1.01. The normalized spacial score (nSPS) is 15.8. The van der Waals surface area contributed by atoms with Crippen LogP contribution in [0.1, 0.15) is 18.3 Å². The van der Waals surface area contributed by atoms with Crippen molar-refractivity contribution in [2.45, 2.75) is 32.2 Å². The maximum absolute atomic E-state index is 13.2. The van der Waals surface area contributed by atoms with Crippen molar-refractivity contribution >= 4 is 15.8 Å². The van der Waals surface area contributed by atoms with Crippen molar-refractivity contribution in [2.75, 3.05) is 31.1 Å². The first-order valence-corrected chi connectivity index (χ1v) is 10.9. The third-order valence-corrected chi connectivity index (χ3v) is 7.33. The summed E-state index contributed by atoms with van der Waals surface area (Å²) in [6.45, 7) is 8.05. The average molecular weight is 417 g/mol. The molecule has 0 bridgehead atoms. The number of nitrogens with zero attached hydrogens (tertiary/aromatic N) is 8. The van der Waals surface area contributed by atoms with Gasteiger partial charge in [0.1, 0.15) is 29.2 Å². The molecule has 0 radical (unpaired) electrons. The van der Waals surface area contributed by atoms with E-state index in [-0.39, 0.29) is 0 Å². The molecule has 29 heavy (non-hydrogen) atoms. The summed E-state index contributed by atoms with van der Waals surface area (Å²) < 4.78 is 31.5. The molecule has 0 aromatic carbocycles. The van der Waals surface area contributed by atoms with Gasteiger partial charge in [0.2, 0.25) is 10.0 Å². The number of aryl methyl sites for hydroxylation is 2. The van der Waals surface area contributed by atoms with E-state index in [0.717, 1.165) is 11.6 Å². The molecule has 0 aliphatic carbocycles. The fourth-order valence-corrected chi connectivity index (χ4v) is 5.49. The molecule has 0 atom stereocenters. The molecule has 0 N–H and O–H groups in total. The number of sulfonamides is 1. The van der Waals surface area contributed by atoms with Crippen molar-refractivity contribution in [1.82, 2.24) is 33.6 Å². The minimum Gasteiger partial charge on any atom is -0.354 e. The largest absolute Gasteiger partial charge is 0.354 e. The van der Waals surface area contributed by atoms with Crippen molar-refractivity contribution in [1.29, 1.82) is 0 Å². The third-order valence-electron chi connectivity index (χ3n) is 5.18. The molecule has 0 saturated carbocycles. The molecule has 1 aliphatic rings. The summed E-state index contributed by atoms with van der Waals surface area (Å²) in [6.07, 6.45) is 6.70. The second-order valence-electron chi connectivity index (χ2n) is 6.91. The van der Waals surface area contributed by atoms with Gasteiger partial charge in [0.05, 0.1) is 11.4 Å². The summed E-state index contributed by atoms with van der Waals surface area (Å²) >= 11 is 0. The average Bonchev–Trinajstić information content (AvgIpc) is 3.36. The Morgan fingerprint density at radius 1 is 1.07 bits per heavy atom. The molecule has 1 fully saturated rings. The zero-order valence-corrected chi connectivity index (χ0v) is 17.5. The van der Waals surface area contributed by atoms with Crippen molar-refractivity contribution in [3.8, 4) is 5.82 Å². The molecule has 154 valence electrons. The lowest BCUT2D eigenvalue weighted by Gasteiger charge is -2.34. The zero-order valence-electron chi connectivity index (χ0n) is 16.7. The molecule has 3 aromatic heterocycles. The molecular weight excluding hydrogens is 392 g/mol. The van der Waals surface area contributed by atoms with Crippen LogP contribution in [0.15, 0.2) is 36.0 Å². The van der Waals surface area contributed by atoms with Crippen LogP contribution in [-0.2, 0) is 16.6 Å². The maximum atomic E-state index is 13.2. The highest BCUT2D eigenvalue weighted by Crippen LogP contribution is 2.25. The van der Waals surface area contributed by atoms with Gasteiger partial charge >= 0.3 is 0 Å². The smallest absolute Gasteiger partial charge is 0.246 e. The Morgan fingerprint density at radius 2 is 1.79 bits per heavy atom. The summed E-state index contributed by atoms with van der Waals surface area (Å²) in [5, 5.41) is 4.36. The van der Waals surface area contributed by atoms with Crippen LogP contribution in [0.5, 0.6) is 0 Å². The molecular formula is C18H24N8O2S. The summed E-state index contributed by atoms with van der Waals surface area (Å²) in [5.74, 6) is 1.49. The number of anilines is 1. The van der Waals surface area contributed by atoms with E-state index in [1.54, 1.807) is 28.4 Å². The molecule has 4 rings (SSSR count). The van der Waals surface area contributed by atoms with Crippen LogP contribution in [0.4, 0.5) is 5.82 Å². The highest BCUT2D eigenvalue weighted by molar-refractivity contribution is 7.89. The van der Waals surface area contributed by atoms with Crippen LogP contribution < -0.4 is 4.90 Å². The first-order valence-electron chi connectivity index (χ1n) is 9.51. The first kappa shape index (κ1) is 19.5. The molecule has 1 aliphatic heterocycles. The first-order chi connectivity index (χ1) is 13.9. The van der Waals surface area contributed by atoms with Crippen LogP contribution in [-0.4, -0.2) is 68.2 Å². The van der Waals surface area contributed by atoms with E-state index in [1.807, 2.05) is 30.7 Å². The van der Waals surface area contributed by atoms with E-state index >= 15 is 0 Å². The summed E-state index contributed by atoms with van der Waals surface area (Å²) in [7, 11) is -3.58. The second-order valence-corrected chi connectivity index (χ2v) is 8.79. The van der Waals surface area contributed by atoms with Gasteiger partial charge in [-0.3, -0.25) is 9.25 Å². The fourth-order valence-electron chi connectivity index (χ4n) is 3.69. The Balaban J connectivity index is 1.51. The summed E-state index contributed by atoms with van der Waals surface area (Å²) in [5.41, 5.74) is 1.24. The van der Waals surface area contributed by atoms with E-state index in [2.05, 4.69) is 25.0 Å². The molecule has 11 heteroatoms. The van der Waals surface area contributed by atoms with Crippen LogP contribution >= 0.6 is 0 Å². The van der Waals surface area contributed by atoms with Gasteiger partial charge in [0, 0.05) is 51.2 Å². The van der Waals surface area contributed by atoms with E-state index in [1.165, 1.54) is 6.33 Å².